The molecule has 0 aromatic heterocycles. The van der Waals surface area contributed by atoms with Gasteiger partial charge in [-0.1, -0.05) is 0 Å². The third-order valence-electron chi connectivity index (χ3n) is 0.186. The van der Waals surface area contributed by atoms with Crippen LogP contribution in [0.1, 0.15) is 0 Å². The first-order valence-electron chi connectivity index (χ1n) is 1.36. The average Bonchev–Trinajstić information content (AvgIpc) is 1.21. The molecule has 0 saturated heterocycles. The van der Waals surface area contributed by atoms with Crippen molar-refractivity contribution in [1.29, 1.82) is 0 Å². The molecule has 0 amide bonds. The van der Waals surface area contributed by atoms with Crippen LogP contribution >= 0.6 is 8.25 Å². The zero-order valence-corrected chi connectivity index (χ0v) is 13.1. The summed E-state index contributed by atoms with van der Waals surface area (Å²) in [5, 5.41) is 0. The molecule has 1 unspecified atom stereocenters. The molecular weight excluding hydrogens is 308 g/mol. The van der Waals surface area contributed by atoms with Crippen LogP contribution in [0.4, 0.5) is 0 Å². The molecule has 0 aromatic carbocycles. The first-order chi connectivity index (χ1) is 3.42. The van der Waals surface area contributed by atoms with Gasteiger partial charge < -0.3 is 19.3 Å². The van der Waals surface area contributed by atoms with E-state index in [1.165, 1.54) is 0 Å². The Kier molecular flexibility index (Phi) is 14.2. The molecule has 48 valence electrons. The molecule has 6 nitrogen and oxygen atoms in total. The van der Waals surface area contributed by atoms with Crippen LogP contribution in [0.2, 0.25) is 0 Å². The maximum Gasteiger partial charge on any atom is 2.00 e. The summed E-state index contributed by atoms with van der Waals surface area (Å²) in [6, 6.07) is 0. The largest absolute Gasteiger partial charge is 2.00 e. The third kappa shape index (κ3) is 16.7. The van der Waals surface area contributed by atoms with E-state index in [1.54, 1.807) is 0 Å². The van der Waals surface area contributed by atoms with Crippen molar-refractivity contribution in [3.63, 3.8) is 0 Å². The molecule has 0 fully saturated rings. The summed E-state index contributed by atoms with van der Waals surface area (Å²) in [7, 11) is -9.13. The smallest absolute Gasteiger partial charge is 0.857 e. The van der Waals surface area contributed by atoms with E-state index in [0.29, 0.717) is 0 Å². The topological polar surface area (TPSA) is 119 Å². The van der Waals surface area contributed by atoms with Crippen molar-refractivity contribution in [2.24, 2.45) is 0 Å². The molecule has 0 heterocycles. The molecule has 0 N–H and O–H groups in total. The molecular formula is O6PSiSrZn+. The van der Waals surface area contributed by atoms with Crippen LogP contribution in [0.5, 0.6) is 0 Å². The van der Waals surface area contributed by atoms with E-state index in [0.717, 1.165) is 0 Å². The van der Waals surface area contributed by atoms with E-state index in [1.807, 2.05) is 0 Å². The monoisotopic (exact) mass is 307 g/mol. The zero-order chi connectivity index (χ0) is 6.78. The standard InChI is InChI=1S/O6PSi.Sr.Zn/c1-7(2)6-8(3,4)5;;/q-3;2*+2. The van der Waals surface area contributed by atoms with Crippen LogP contribution in [0.15, 0.2) is 0 Å². The predicted molar refractivity (Wildman–Crippen MR) is 20.2 cm³/mol. The van der Waals surface area contributed by atoms with Crippen molar-refractivity contribution >= 4 is 62.8 Å². The van der Waals surface area contributed by atoms with E-state index in [4.69, 9.17) is 0 Å². The molecule has 0 aliphatic carbocycles. The maximum atomic E-state index is 9.34. The summed E-state index contributed by atoms with van der Waals surface area (Å²) in [5.41, 5.74) is 0. The average molecular weight is 308 g/mol. The molecule has 0 bridgehead atoms. The van der Waals surface area contributed by atoms with Gasteiger partial charge >= 0.3 is 73.2 Å². The molecule has 0 radical (unpaired) electrons. The van der Waals surface area contributed by atoms with Crippen molar-refractivity contribution in [3.8, 4) is 0 Å². The van der Waals surface area contributed by atoms with Gasteiger partial charge in [-0.05, 0) is 13.6 Å². The Bertz CT molecular complexity index is 100. The molecule has 0 rings (SSSR count). The van der Waals surface area contributed by atoms with Gasteiger partial charge in [0, 0.05) is 0 Å². The quantitative estimate of drug-likeness (QED) is 0.373. The Hall–Kier alpha value is 2.22. The van der Waals surface area contributed by atoms with Crippen molar-refractivity contribution in [3.05, 3.63) is 0 Å². The van der Waals surface area contributed by atoms with Crippen LogP contribution < -0.4 is 19.3 Å². The first kappa shape index (κ1) is 18.1. The van der Waals surface area contributed by atoms with Gasteiger partial charge in [-0.3, -0.25) is 4.21 Å². The van der Waals surface area contributed by atoms with Crippen LogP contribution in [-0.4, -0.2) is 54.5 Å². The minimum Gasteiger partial charge on any atom is -0.857 e. The van der Waals surface area contributed by atoms with E-state index in [2.05, 4.69) is 4.21 Å². The summed E-state index contributed by atoms with van der Waals surface area (Å²) < 4.78 is 12.1. The summed E-state index contributed by atoms with van der Waals surface area (Å²) in [6.07, 6.45) is 0. The Balaban J connectivity index is -0.000000245. The molecule has 10 heteroatoms. The number of hydrogen-bond acceptors (Lipinski definition) is 6. The van der Waals surface area contributed by atoms with Gasteiger partial charge in [0.15, 0.2) is 0 Å². The Morgan fingerprint density at radius 3 is 1.60 bits per heavy atom. The Morgan fingerprint density at radius 2 is 1.60 bits per heavy atom. The minimum atomic E-state index is -5.57. The zero-order valence-electron chi connectivity index (χ0n) is 4.81. The van der Waals surface area contributed by atoms with Crippen LogP contribution in [0, 0.1) is 0 Å². The Morgan fingerprint density at radius 1 is 1.30 bits per heavy atom. The second kappa shape index (κ2) is 7.85. The SMILES string of the molecule is O=[P+]([O-])O[Si]([O-])([O-])[O-].[Sr+2].[Zn+2]. The predicted octanol–water partition coefficient (Wildman–Crippen LogP) is -4.85. The van der Waals surface area contributed by atoms with E-state index in [-0.39, 0.29) is 65.0 Å². The van der Waals surface area contributed by atoms with Gasteiger partial charge in [0.25, 0.3) is 0 Å². The van der Waals surface area contributed by atoms with Crippen molar-refractivity contribution in [1.82, 2.24) is 0 Å². The molecule has 0 aromatic rings. The fourth-order valence-corrected chi connectivity index (χ4v) is 0.822. The minimum absolute atomic E-state index is 0. The van der Waals surface area contributed by atoms with E-state index < -0.39 is 17.3 Å². The fourth-order valence-electron chi connectivity index (χ4n) is 0.0913. The summed E-state index contributed by atoms with van der Waals surface area (Å²) >= 11 is 0. The summed E-state index contributed by atoms with van der Waals surface area (Å²) in [5.74, 6) is 0. The van der Waals surface area contributed by atoms with Crippen LogP contribution in [0.3, 0.4) is 0 Å². The van der Waals surface area contributed by atoms with Crippen molar-refractivity contribution in [2.45, 2.75) is 0 Å². The Labute approximate surface area is 109 Å². The molecule has 1 atom stereocenters. The van der Waals surface area contributed by atoms with Crippen molar-refractivity contribution in [2.75, 3.05) is 0 Å². The van der Waals surface area contributed by atoms with Gasteiger partial charge in [-0.2, -0.15) is 0 Å². The third-order valence-corrected chi connectivity index (χ3v) is 1.68. The maximum absolute atomic E-state index is 9.34. The molecule has 10 heavy (non-hydrogen) atoms. The molecule has 0 aliphatic rings. The molecule has 0 spiro atoms. The summed E-state index contributed by atoms with van der Waals surface area (Å²) in [4.78, 5) is 37.3. The number of rotatable bonds is 2. The summed E-state index contributed by atoms with van der Waals surface area (Å²) in [6.45, 7) is 0. The first-order valence-corrected chi connectivity index (χ1v) is 4.09. The molecule has 0 saturated carbocycles. The van der Waals surface area contributed by atoms with Gasteiger partial charge in [0.2, 0.25) is 0 Å². The van der Waals surface area contributed by atoms with Crippen LogP contribution in [0.25, 0.3) is 0 Å². The number of hydrogen-bond donors (Lipinski definition) is 0. The van der Waals surface area contributed by atoms with Gasteiger partial charge in [0.05, 0.1) is 0 Å². The second-order valence-corrected chi connectivity index (χ2v) is 2.99. The van der Waals surface area contributed by atoms with Crippen LogP contribution in [-0.2, 0) is 28.3 Å². The van der Waals surface area contributed by atoms with Gasteiger partial charge in [-0.15, -0.1) is 0 Å². The van der Waals surface area contributed by atoms with Crippen molar-refractivity contribution < 1.29 is 47.5 Å². The normalized spacial score (nSPS) is 11.0. The fraction of sp³-hybridized carbons (Fsp3) is 0. The molecule has 0 aliphatic heterocycles. The van der Waals surface area contributed by atoms with E-state index >= 15 is 0 Å². The van der Waals surface area contributed by atoms with Gasteiger partial charge in [0.1, 0.15) is 0 Å². The second-order valence-electron chi connectivity index (χ2n) is 0.815. The van der Waals surface area contributed by atoms with E-state index in [9.17, 15) is 23.8 Å². The van der Waals surface area contributed by atoms with Gasteiger partial charge in [-0.25, -0.2) is 0 Å².